The highest BCUT2D eigenvalue weighted by atomic mass is 32.2. The van der Waals surface area contributed by atoms with Gasteiger partial charge in [0.05, 0.1) is 38.7 Å². The van der Waals surface area contributed by atoms with Gasteiger partial charge in [-0.15, -0.1) is 0 Å². The number of sulfone groups is 1. The summed E-state index contributed by atoms with van der Waals surface area (Å²) in [6.45, 7) is 2.34. The number of nitrogens with one attached hydrogen (secondary N) is 2. The van der Waals surface area contributed by atoms with Gasteiger partial charge in [-0.3, -0.25) is 0 Å². The largest absolute Gasteiger partial charge is 0.358 e. The molecule has 1 aromatic carbocycles. The lowest BCUT2D eigenvalue weighted by Crippen LogP contribution is -3.06. The maximum atomic E-state index is 11.8. The first-order valence-electron chi connectivity index (χ1n) is 7.95. The standard InChI is InChI=1S/C16H25N3O2S2/c1-18(2)9-10-19(15-8-11-23(20,21)13-15)16(22)17-12-14-6-4-3-5-7-14/h3-7,15H,8-13H2,1-2H3,(H,17,22)/p+1/t15-/m1/s1. The van der Waals surface area contributed by atoms with Crippen LogP contribution in [-0.2, 0) is 16.4 Å². The summed E-state index contributed by atoms with van der Waals surface area (Å²) in [7, 11) is 1.26. The van der Waals surface area contributed by atoms with Crippen molar-refractivity contribution in [3.8, 4) is 0 Å². The van der Waals surface area contributed by atoms with Crippen molar-refractivity contribution in [3.63, 3.8) is 0 Å². The monoisotopic (exact) mass is 356 g/mol. The molecule has 1 heterocycles. The van der Waals surface area contributed by atoms with Crippen molar-refractivity contribution in [1.82, 2.24) is 10.2 Å². The fraction of sp³-hybridized carbons (Fsp3) is 0.562. The Morgan fingerprint density at radius 1 is 1.35 bits per heavy atom. The number of quaternary nitrogens is 1. The molecule has 128 valence electrons. The minimum Gasteiger partial charge on any atom is -0.358 e. The Balaban J connectivity index is 1.99. The van der Waals surface area contributed by atoms with E-state index in [1.54, 1.807) is 0 Å². The van der Waals surface area contributed by atoms with Gasteiger partial charge < -0.3 is 15.1 Å². The van der Waals surface area contributed by atoms with Crippen molar-refractivity contribution in [2.24, 2.45) is 0 Å². The molecule has 2 N–H and O–H groups in total. The summed E-state index contributed by atoms with van der Waals surface area (Å²) in [4.78, 5) is 3.39. The summed E-state index contributed by atoms with van der Waals surface area (Å²) in [5, 5.41) is 3.93. The van der Waals surface area contributed by atoms with Gasteiger partial charge in [-0.25, -0.2) is 8.42 Å². The van der Waals surface area contributed by atoms with Gasteiger partial charge in [0.25, 0.3) is 0 Å². The van der Waals surface area contributed by atoms with Crippen LogP contribution in [0.4, 0.5) is 0 Å². The lowest BCUT2D eigenvalue weighted by atomic mass is 10.2. The summed E-state index contributed by atoms with van der Waals surface area (Å²) in [6.07, 6.45) is 0.665. The second-order valence-electron chi connectivity index (χ2n) is 6.35. The molecule has 1 aliphatic heterocycles. The van der Waals surface area contributed by atoms with E-state index in [4.69, 9.17) is 12.2 Å². The van der Waals surface area contributed by atoms with Crippen molar-refractivity contribution >= 4 is 27.2 Å². The Morgan fingerprint density at radius 3 is 2.61 bits per heavy atom. The van der Waals surface area contributed by atoms with Gasteiger partial charge in [0.1, 0.15) is 0 Å². The highest BCUT2D eigenvalue weighted by Crippen LogP contribution is 2.17. The Kier molecular flexibility index (Phi) is 6.38. The quantitative estimate of drug-likeness (QED) is 0.685. The normalized spacial score (nSPS) is 19.7. The molecule has 2 rings (SSSR count). The Labute approximate surface area is 144 Å². The van der Waals surface area contributed by atoms with Crippen molar-refractivity contribution < 1.29 is 13.3 Å². The SMILES string of the molecule is C[NH+](C)CCN(C(=S)NCc1ccccc1)[C@@H]1CCS(=O)(=O)C1. The van der Waals surface area contributed by atoms with Gasteiger partial charge in [-0.1, -0.05) is 30.3 Å². The second-order valence-corrected chi connectivity index (χ2v) is 8.97. The summed E-state index contributed by atoms with van der Waals surface area (Å²) in [5.41, 5.74) is 1.16. The number of benzene rings is 1. The molecular formula is C16H26N3O2S2+. The molecule has 1 saturated heterocycles. The van der Waals surface area contributed by atoms with E-state index >= 15 is 0 Å². The minimum absolute atomic E-state index is 0.00452. The number of likely N-dealkylation sites (N-methyl/N-ethyl adjacent to an activating group) is 1. The molecule has 1 aliphatic rings. The molecule has 1 fully saturated rings. The summed E-state index contributed by atoms with van der Waals surface area (Å²) < 4.78 is 23.6. The van der Waals surface area contributed by atoms with Crippen molar-refractivity contribution in [2.45, 2.75) is 19.0 Å². The van der Waals surface area contributed by atoms with Gasteiger partial charge in [0.15, 0.2) is 14.9 Å². The third-order valence-corrected chi connectivity index (χ3v) is 6.18. The molecule has 0 unspecified atom stereocenters. The first-order chi connectivity index (χ1) is 10.9. The zero-order valence-corrected chi connectivity index (χ0v) is 15.4. The van der Waals surface area contributed by atoms with E-state index in [1.165, 1.54) is 4.90 Å². The molecular weight excluding hydrogens is 330 g/mol. The van der Waals surface area contributed by atoms with Crippen LogP contribution in [0, 0.1) is 0 Å². The van der Waals surface area contributed by atoms with Crippen LogP contribution in [-0.4, -0.2) is 63.2 Å². The second kappa shape index (κ2) is 8.08. The molecule has 0 saturated carbocycles. The third-order valence-electron chi connectivity index (χ3n) is 4.05. The zero-order chi connectivity index (χ0) is 16.9. The van der Waals surface area contributed by atoms with Crippen LogP contribution in [0.5, 0.6) is 0 Å². The molecule has 1 aromatic rings. The van der Waals surface area contributed by atoms with Gasteiger partial charge in [0, 0.05) is 12.6 Å². The number of rotatable bonds is 6. The summed E-state index contributed by atoms with van der Waals surface area (Å²) in [5.74, 6) is 0.479. The van der Waals surface area contributed by atoms with E-state index in [-0.39, 0.29) is 17.5 Å². The number of nitrogens with zero attached hydrogens (tertiary/aromatic N) is 1. The van der Waals surface area contributed by atoms with E-state index in [1.807, 2.05) is 30.3 Å². The van der Waals surface area contributed by atoms with Gasteiger partial charge in [-0.05, 0) is 24.2 Å². The van der Waals surface area contributed by atoms with Crippen LogP contribution in [0.15, 0.2) is 30.3 Å². The number of thiocarbonyl (C=S) groups is 1. The molecule has 0 amide bonds. The van der Waals surface area contributed by atoms with Gasteiger partial charge >= 0.3 is 0 Å². The molecule has 1 atom stereocenters. The molecule has 5 nitrogen and oxygen atoms in total. The topological polar surface area (TPSA) is 53.9 Å². The molecule has 7 heteroatoms. The van der Waals surface area contributed by atoms with E-state index in [0.717, 1.165) is 18.7 Å². The first kappa shape index (κ1) is 18.2. The van der Waals surface area contributed by atoms with Crippen molar-refractivity contribution in [3.05, 3.63) is 35.9 Å². The van der Waals surface area contributed by atoms with E-state index in [2.05, 4.69) is 24.3 Å². The molecule has 0 bridgehead atoms. The average Bonchev–Trinajstić information content (AvgIpc) is 2.86. The van der Waals surface area contributed by atoms with E-state index in [0.29, 0.717) is 18.1 Å². The van der Waals surface area contributed by atoms with Gasteiger partial charge in [-0.2, -0.15) is 0 Å². The lowest BCUT2D eigenvalue weighted by Gasteiger charge is -2.31. The van der Waals surface area contributed by atoms with Crippen molar-refractivity contribution in [2.75, 3.05) is 38.7 Å². The highest BCUT2D eigenvalue weighted by molar-refractivity contribution is 7.91. The summed E-state index contributed by atoms with van der Waals surface area (Å²) >= 11 is 5.55. The van der Waals surface area contributed by atoms with Crippen LogP contribution < -0.4 is 10.2 Å². The maximum absolute atomic E-state index is 11.8. The number of hydrogen-bond donors (Lipinski definition) is 2. The van der Waals surface area contributed by atoms with E-state index in [9.17, 15) is 8.42 Å². The van der Waals surface area contributed by atoms with Crippen molar-refractivity contribution in [1.29, 1.82) is 0 Å². The first-order valence-corrected chi connectivity index (χ1v) is 10.2. The van der Waals surface area contributed by atoms with Crippen LogP contribution in [0.1, 0.15) is 12.0 Å². The zero-order valence-electron chi connectivity index (χ0n) is 13.8. The third kappa shape index (κ3) is 5.75. The molecule has 0 aliphatic carbocycles. The lowest BCUT2D eigenvalue weighted by molar-refractivity contribution is -0.857. The summed E-state index contributed by atoms with van der Waals surface area (Å²) in [6, 6.07) is 10.1. The number of hydrogen-bond acceptors (Lipinski definition) is 3. The fourth-order valence-electron chi connectivity index (χ4n) is 2.69. The molecule has 0 aromatic heterocycles. The molecule has 0 spiro atoms. The van der Waals surface area contributed by atoms with Crippen LogP contribution >= 0.6 is 12.2 Å². The van der Waals surface area contributed by atoms with Gasteiger partial charge in [0.2, 0.25) is 0 Å². The Hall–Kier alpha value is -1.18. The smallest absolute Gasteiger partial charge is 0.169 e. The van der Waals surface area contributed by atoms with Crippen LogP contribution in [0.25, 0.3) is 0 Å². The maximum Gasteiger partial charge on any atom is 0.169 e. The highest BCUT2D eigenvalue weighted by Gasteiger charge is 2.33. The minimum atomic E-state index is -2.92. The predicted octanol–water partition coefficient (Wildman–Crippen LogP) is -0.305. The van der Waals surface area contributed by atoms with Crippen LogP contribution in [0.2, 0.25) is 0 Å². The Morgan fingerprint density at radius 2 is 2.04 bits per heavy atom. The van der Waals surface area contributed by atoms with E-state index < -0.39 is 9.84 Å². The van der Waals surface area contributed by atoms with Crippen LogP contribution in [0.3, 0.4) is 0 Å². The predicted molar refractivity (Wildman–Crippen MR) is 97.3 cm³/mol. The Bertz CT molecular complexity index is 617. The molecule has 0 radical (unpaired) electrons. The molecule has 23 heavy (non-hydrogen) atoms. The fourth-order valence-corrected chi connectivity index (χ4v) is 4.73. The average molecular weight is 357 g/mol.